The first-order valence-electron chi connectivity index (χ1n) is 8.48. The second-order valence-electron chi connectivity index (χ2n) is 6.14. The van der Waals surface area contributed by atoms with E-state index in [1.165, 1.54) is 5.56 Å². The molecule has 0 bridgehead atoms. The van der Waals surface area contributed by atoms with Gasteiger partial charge in [-0.1, -0.05) is 31.2 Å². The van der Waals surface area contributed by atoms with Crippen LogP contribution in [0.3, 0.4) is 0 Å². The Bertz CT molecular complexity index is 637. The molecule has 0 fully saturated rings. The molecule has 0 N–H and O–H groups in total. The molecular formula is C19H24N2O2. The molecule has 0 saturated carbocycles. The number of ketones is 1. The van der Waals surface area contributed by atoms with Crippen molar-refractivity contribution in [1.82, 2.24) is 9.55 Å². The molecule has 23 heavy (non-hydrogen) atoms. The van der Waals surface area contributed by atoms with Crippen LogP contribution in [-0.2, 0) is 16.1 Å². The van der Waals surface area contributed by atoms with Gasteiger partial charge in [-0.3, -0.25) is 4.79 Å². The van der Waals surface area contributed by atoms with Gasteiger partial charge < -0.3 is 9.30 Å². The Morgan fingerprint density at radius 1 is 1.30 bits per heavy atom. The summed E-state index contributed by atoms with van der Waals surface area (Å²) in [6.45, 7) is 3.60. The number of benzene rings is 1. The maximum absolute atomic E-state index is 12.7. The molecule has 1 aromatic carbocycles. The number of fused-ring (bicyclic) bond motifs is 1. The minimum atomic E-state index is 0.0104. The van der Waals surface area contributed by atoms with Crippen LogP contribution in [0.4, 0.5) is 0 Å². The summed E-state index contributed by atoms with van der Waals surface area (Å²) in [5.41, 5.74) is 2.36. The van der Waals surface area contributed by atoms with Crippen molar-refractivity contribution in [2.75, 3.05) is 6.61 Å². The van der Waals surface area contributed by atoms with Gasteiger partial charge in [0.2, 0.25) is 0 Å². The molecule has 2 aromatic rings. The molecule has 4 nitrogen and oxygen atoms in total. The highest BCUT2D eigenvalue weighted by Gasteiger charge is 2.31. The van der Waals surface area contributed by atoms with Crippen molar-refractivity contribution >= 4 is 5.78 Å². The van der Waals surface area contributed by atoms with Crippen molar-refractivity contribution in [2.45, 2.75) is 51.2 Å². The Kier molecular flexibility index (Phi) is 5.23. The molecule has 2 unspecified atom stereocenters. The van der Waals surface area contributed by atoms with Crippen LogP contribution in [0.2, 0.25) is 0 Å². The van der Waals surface area contributed by atoms with E-state index in [-0.39, 0.29) is 12.0 Å². The van der Waals surface area contributed by atoms with Crippen LogP contribution in [0, 0.1) is 0 Å². The Balaban J connectivity index is 1.71. The number of aryl methyl sites for hydroxylation is 1. The van der Waals surface area contributed by atoms with E-state index in [0.29, 0.717) is 18.7 Å². The molecule has 0 amide bonds. The summed E-state index contributed by atoms with van der Waals surface area (Å²) in [5, 5.41) is 0. The largest absolute Gasteiger partial charge is 0.374 e. The second kappa shape index (κ2) is 7.55. The fourth-order valence-electron chi connectivity index (χ4n) is 3.35. The summed E-state index contributed by atoms with van der Waals surface area (Å²) in [4.78, 5) is 16.7. The first kappa shape index (κ1) is 15.9. The van der Waals surface area contributed by atoms with Crippen molar-refractivity contribution in [2.24, 2.45) is 0 Å². The van der Waals surface area contributed by atoms with Crippen molar-refractivity contribution in [3.8, 4) is 0 Å². The summed E-state index contributed by atoms with van der Waals surface area (Å²) in [5.74, 6) is 0.330. The van der Waals surface area contributed by atoms with Gasteiger partial charge in [0.25, 0.3) is 0 Å². The van der Waals surface area contributed by atoms with Gasteiger partial charge in [0.05, 0.1) is 12.4 Å². The molecule has 1 aromatic heterocycles. The van der Waals surface area contributed by atoms with Gasteiger partial charge >= 0.3 is 0 Å². The summed E-state index contributed by atoms with van der Waals surface area (Å²) in [7, 11) is 0. The standard InChI is InChI=1S/C19H24N2O2/c1-2-13-23-19-8-7-16(15-5-3-4-6-17(15)19)18(22)9-11-21-12-10-20-14-21/h3-6,10,12,14,16,19H,2,7-9,11,13H2,1H3. The molecule has 2 atom stereocenters. The van der Waals surface area contributed by atoms with Crippen LogP contribution in [0.15, 0.2) is 43.0 Å². The van der Waals surface area contributed by atoms with E-state index in [0.717, 1.165) is 31.4 Å². The zero-order valence-electron chi connectivity index (χ0n) is 13.6. The Labute approximate surface area is 137 Å². The number of aromatic nitrogens is 2. The smallest absolute Gasteiger partial charge is 0.142 e. The minimum Gasteiger partial charge on any atom is -0.374 e. The van der Waals surface area contributed by atoms with Gasteiger partial charge in [0.15, 0.2) is 0 Å². The minimum absolute atomic E-state index is 0.0104. The Morgan fingerprint density at radius 2 is 2.13 bits per heavy atom. The maximum Gasteiger partial charge on any atom is 0.142 e. The third kappa shape index (κ3) is 3.70. The lowest BCUT2D eigenvalue weighted by atomic mass is 9.78. The van der Waals surface area contributed by atoms with E-state index >= 15 is 0 Å². The van der Waals surface area contributed by atoms with Gasteiger partial charge in [-0.2, -0.15) is 0 Å². The highest BCUT2D eigenvalue weighted by Crippen LogP contribution is 2.40. The summed E-state index contributed by atoms with van der Waals surface area (Å²) >= 11 is 0. The van der Waals surface area contributed by atoms with Crippen LogP contribution >= 0.6 is 0 Å². The van der Waals surface area contributed by atoms with Crippen molar-refractivity contribution in [1.29, 1.82) is 0 Å². The first-order valence-corrected chi connectivity index (χ1v) is 8.48. The molecule has 0 saturated heterocycles. The SMILES string of the molecule is CCCOC1CCC(C(=O)CCn2ccnc2)c2ccccc21. The zero-order chi connectivity index (χ0) is 16.1. The molecule has 4 heteroatoms. The number of hydrogen-bond acceptors (Lipinski definition) is 3. The van der Waals surface area contributed by atoms with Crippen LogP contribution in [0.1, 0.15) is 55.8 Å². The second-order valence-corrected chi connectivity index (χ2v) is 6.14. The predicted octanol–water partition coefficient (Wildman–Crippen LogP) is 3.89. The van der Waals surface area contributed by atoms with Crippen molar-refractivity contribution in [3.63, 3.8) is 0 Å². The lowest BCUT2D eigenvalue weighted by Gasteiger charge is -2.31. The molecule has 1 aliphatic rings. The maximum atomic E-state index is 12.7. The third-order valence-electron chi connectivity index (χ3n) is 4.52. The van der Waals surface area contributed by atoms with Crippen LogP contribution in [-0.4, -0.2) is 21.9 Å². The Hall–Kier alpha value is -1.94. The van der Waals surface area contributed by atoms with Crippen LogP contribution in [0.5, 0.6) is 0 Å². The number of carbonyl (C=O) groups is 1. The van der Waals surface area contributed by atoms with E-state index in [1.807, 2.05) is 22.9 Å². The van der Waals surface area contributed by atoms with Crippen molar-refractivity contribution < 1.29 is 9.53 Å². The molecule has 1 heterocycles. The average molecular weight is 312 g/mol. The molecule has 1 aliphatic carbocycles. The molecule has 122 valence electrons. The Morgan fingerprint density at radius 3 is 2.87 bits per heavy atom. The number of nitrogens with zero attached hydrogens (tertiary/aromatic N) is 2. The van der Waals surface area contributed by atoms with Crippen LogP contribution < -0.4 is 0 Å². The van der Waals surface area contributed by atoms with Gasteiger partial charge in [-0.25, -0.2) is 4.98 Å². The van der Waals surface area contributed by atoms with E-state index < -0.39 is 0 Å². The zero-order valence-corrected chi connectivity index (χ0v) is 13.6. The molecule has 0 aliphatic heterocycles. The summed E-state index contributed by atoms with van der Waals surface area (Å²) < 4.78 is 7.94. The average Bonchev–Trinajstić information content (AvgIpc) is 3.11. The van der Waals surface area contributed by atoms with Gasteiger partial charge in [-0.15, -0.1) is 0 Å². The third-order valence-corrected chi connectivity index (χ3v) is 4.52. The van der Waals surface area contributed by atoms with E-state index in [4.69, 9.17) is 4.74 Å². The lowest BCUT2D eigenvalue weighted by molar-refractivity contribution is -0.121. The van der Waals surface area contributed by atoms with Gasteiger partial charge in [-0.05, 0) is 30.4 Å². The monoisotopic (exact) mass is 312 g/mol. The highest BCUT2D eigenvalue weighted by molar-refractivity contribution is 5.86. The van der Waals surface area contributed by atoms with Gasteiger partial charge in [0.1, 0.15) is 5.78 Å². The fraction of sp³-hybridized carbons (Fsp3) is 0.474. The summed E-state index contributed by atoms with van der Waals surface area (Å²) in [6.07, 6.45) is 8.93. The van der Waals surface area contributed by atoms with Gasteiger partial charge in [0, 0.05) is 37.9 Å². The topological polar surface area (TPSA) is 44.1 Å². The fourth-order valence-corrected chi connectivity index (χ4v) is 3.35. The van der Waals surface area contributed by atoms with E-state index in [1.54, 1.807) is 12.5 Å². The van der Waals surface area contributed by atoms with E-state index in [2.05, 4.69) is 24.0 Å². The van der Waals surface area contributed by atoms with Crippen LogP contribution in [0.25, 0.3) is 0 Å². The molecular weight excluding hydrogens is 288 g/mol. The quantitative estimate of drug-likeness (QED) is 0.779. The summed E-state index contributed by atoms with van der Waals surface area (Å²) in [6, 6.07) is 8.28. The van der Waals surface area contributed by atoms with E-state index in [9.17, 15) is 4.79 Å². The van der Waals surface area contributed by atoms with Crippen molar-refractivity contribution in [3.05, 3.63) is 54.1 Å². The lowest BCUT2D eigenvalue weighted by Crippen LogP contribution is -2.23. The highest BCUT2D eigenvalue weighted by atomic mass is 16.5. The normalized spacial score (nSPS) is 20.2. The number of carbonyl (C=O) groups excluding carboxylic acids is 1. The molecule has 0 spiro atoms. The predicted molar refractivity (Wildman–Crippen MR) is 89.3 cm³/mol. The first-order chi connectivity index (χ1) is 11.3. The molecule has 3 rings (SSSR count). The number of imidazole rings is 1. The number of ether oxygens (including phenoxy) is 1. The molecule has 0 radical (unpaired) electrons. The number of Topliss-reactive ketones (excluding diaryl/α,β-unsaturated/α-hetero) is 1. The number of rotatable bonds is 7. The number of hydrogen-bond donors (Lipinski definition) is 0.